The van der Waals surface area contributed by atoms with Gasteiger partial charge in [-0.1, -0.05) is 30.3 Å². The first kappa shape index (κ1) is 15.7. The van der Waals surface area contributed by atoms with Gasteiger partial charge in [0.15, 0.2) is 23.1 Å². The zero-order valence-electron chi connectivity index (χ0n) is 12.0. The molecule has 0 aromatic heterocycles. The number of benzene rings is 2. The van der Waals surface area contributed by atoms with Crippen molar-refractivity contribution in [2.45, 2.75) is 6.42 Å². The van der Waals surface area contributed by atoms with E-state index in [4.69, 9.17) is 0 Å². The highest BCUT2D eigenvalue weighted by molar-refractivity contribution is 5.98. The van der Waals surface area contributed by atoms with E-state index in [-0.39, 0.29) is 29.6 Å². The zero-order valence-corrected chi connectivity index (χ0v) is 12.0. The van der Waals surface area contributed by atoms with E-state index >= 15 is 0 Å². The molecule has 0 bridgehead atoms. The predicted molar refractivity (Wildman–Crippen MR) is 82.4 cm³/mol. The Bertz CT molecular complexity index is 668. The summed E-state index contributed by atoms with van der Waals surface area (Å²) in [7, 11) is 0. The van der Waals surface area contributed by atoms with Crippen LogP contribution in [0.2, 0.25) is 0 Å². The standard InChI is InChI=1S/C17H17NO4/c19-14(12-4-2-1-3-5-12)8-9-18-11-17(22)13-6-7-15(20)16(21)10-13/h1-7,10,18,20-21H,8-9,11H2. The van der Waals surface area contributed by atoms with Crippen LogP contribution in [-0.2, 0) is 0 Å². The van der Waals surface area contributed by atoms with Gasteiger partial charge in [0, 0.05) is 24.1 Å². The summed E-state index contributed by atoms with van der Waals surface area (Å²) in [5.41, 5.74) is 0.955. The van der Waals surface area contributed by atoms with Gasteiger partial charge in [-0.15, -0.1) is 0 Å². The van der Waals surface area contributed by atoms with Crippen molar-refractivity contribution in [2.75, 3.05) is 13.1 Å². The SMILES string of the molecule is O=C(CCNCC(=O)c1ccc(O)c(O)c1)c1ccccc1. The Kier molecular flexibility index (Phi) is 5.27. The molecule has 0 atom stereocenters. The van der Waals surface area contributed by atoms with E-state index < -0.39 is 0 Å². The number of phenolic OH excluding ortho intramolecular Hbond substituents is 2. The van der Waals surface area contributed by atoms with E-state index in [9.17, 15) is 19.8 Å². The Hall–Kier alpha value is -2.66. The first-order valence-corrected chi connectivity index (χ1v) is 6.92. The second kappa shape index (κ2) is 7.38. The summed E-state index contributed by atoms with van der Waals surface area (Å²) in [5, 5.41) is 21.5. The van der Waals surface area contributed by atoms with Crippen molar-refractivity contribution < 1.29 is 19.8 Å². The van der Waals surface area contributed by atoms with E-state index in [1.807, 2.05) is 18.2 Å². The molecule has 114 valence electrons. The first-order valence-electron chi connectivity index (χ1n) is 6.92. The molecule has 0 unspecified atom stereocenters. The highest BCUT2D eigenvalue weighted by Gasteiger charge is 2.09. The summed E-state index contributed by atoms with van der Waals surface area (Å²) in [5.74, 6) is -0.798. The number of carbonyl (C=O) groups excluding carboxylic acids is 2. The van der Waals surface area contributed by atoms with Crippen LogP contribution >= 0.6 is 0 Å². The molecule has 0 aliphatic heterocycles. The third-order valence-corrected chi connectivity index (χ3v) is 3.21. The lowest BCUT2D eigenvalue weighted by molar-refractivity contribution is 0.0963. The number of hydrogen-bond donors (Lipinski definition) is 3. The van der Waals surface area contributed by atoms with Crippen molar-refractivity contribution in [1.29, 1.82) is 0 Å². The summed E-state index contributed by atoms with van der Waals surface area (Å²) in [6.07, 6.45) is 0.304. The smallest absolute Gasteiger partial charge is 0.176 e. The number of phenols is 2. The minimum absolute atomic E-state index is 0.0165. The average molecular weight is 299 g/mol. The molecular weight excluding hydrogens is 282 g/mol. The molecule has 0 saturated carbocycles. The Balaban J connectivity index is 1.78. The monoisotopic (exact) mass is 299 g/mol. The lowest BCUT2D eigenvalue weighted by Crippen LogP contribution is -2.25. The molecule has 22 heavy (non-hydrogen) atoms. The largest absolute Gasteiger partial charge is 0.504 e. The van der Waals surface area contributed by atoms with Gasteiger partial charge in [0.25, 0.3) is 0 Å². The second-order valence-corrected chi connectivity index (χ2v) is 4.84. The fourth-order valence-electron chi connectivity index (χ4n) is 1.97. The fraction of sp³-hybridized carbons (Fsp3) is 0.176. The van der Waals surface area contributed by atoms with Crippen molar-refractivity contribution in [3.05, 3.63) is 59.7 Å². The number of Topliss-reactive ketones (excluding diaryl/α,β-unsaturated/α-hetero) is 2. The van der Waals surface area contributed by atoms with Crippen LogP contribution < -0.4 is 5.32 Å². The van der Waals surface area contributed by atoms with Gasteiger partial charge in [-0.2, -0.15) is 0 Å². The predicted octanol–water partition coefficient (Wildman–Crippen LogP) is 2.14. The van der Waals surface area contributed by atoms with Gasteiger partial charge in [-0.3, -0.25) is 9.59 Å². The lowest BCUT2D eigenvalue weighted by atomic mass is 10.1. The molecule has 0 aliphatic carbocycles. The van der Waals surface area contributed by atoms with Crippen LogP contribution in [0.4, 0.5) is 0 Å². The van der Waals surface area contributed by atoms with E-state index in [0.29, 0.717) is 24.1 Å². The van der Waals surface area contributed by atoms with Gasteiger partial charge in [0.2, 0.25) is 0 Å². The van der Waals surface area contributed by atoms with Crippen molar-refractivity contribution >= 4 is 11.6 Å². The van der Waals surface area contributed by atoms with Crippen LogP contribution in [0, 0.1) is 0 Å². The maximum absolute atomic E-state index is 11.9. The molecule has 2 aromatic carbocycles. The number of carbonyl (C=O) groups is 2. The van der Waals surface area contributed by atoms with E-state index in [2.05, 4.69) is 5.32 Å². The Morgan fingerprint density at radius 2 is 1.59 bits per heavy atom. The van der Waals surface area contributed by atoms with Gasteiger partial charge in [0.1, 0.15) is 0 Å². The maximum Gasteiger partial charge on any atom is 0.176 e. The fourth-order valence-corrected chi connectivity index (χ4v) is 1.97. The van der Waals surface area contributed by atoms with Crippen LogP contribution in [-0.4, -0.2) is 34.9 Å². The zero-order chi connectivity index (χ0) is 15.9. The van der Waals surface area contributed by atoms with Gasteiger partial charge >= 0.3 is 0 Å². The van der Waals surface area contributed by atoms with Gasteiger partial charge < -0.3 is 15.5 Å². The Labute approximate surface area is 128 Å². The van der Waals surface area contributed by atoms with Crippen molar-refractivity contribution in [1.82, 2.24) is 5.32 Å². The molecule has 2 rings (SSSR count). The normalized spacial score (nSPS) is 10.4. The number of rotatable bonds is 7. The highest BCUT2D eigenvalue weighted by atomic mass is 16.3. The molecule has 5 nitrogen and oxygen atoms in total. The van der Waals surface area contributed by atoms with Crippen molar-refractivity contribution in [3.63, 3.8) is 0 Å². The molecule has 0 saturated heterocycles. The molecule has 5 heteroatoms. The number of nitrogens with one attached hydrogen (secondary N) is 1. The van der Waals surface area contributed by atoms with Gasteiger partial charge in [-0.05, 0) is 18.2 Å². The summed E-state index contributed by atoms with van der Waals surface area (Å²) >= 11 is 0. The van der Waals surface area contributed by atoms with Crippen LogP contribution in [0.25, 0.3) is 0 Å². The minimum Gasteiger partial charge on any atom is -0.504 e. The molecule has 3 N–H and O–H groups in total. The highest BCUT2D eigenvalue weighted by Crippen LogP contribution is 2.24. The van der Waals surface area contributed by atoms with Crippen molar-refractivity contribution in [2.24, 2.45) is 0 Å². The van der Waals surface area contributed by atoms with E-state index in [1.165, 1.54) is 18.2 Å². The second-order valence-electron chi connectivity index (χ2n) is 4.84. The Morgan fingerprint density at radius 3 is 2.27 bits per heavy atom. The van der Waals surface area contributed by atoms with Crippen molar-refractivity contribution in [3.8, 4) is 11.5 Å². The first-order chi connectivity index (χ1) is 10.6. The van der Waals surface area contributed by atoms with Gasteiger partial charge in [-0.25, -0.2) is 0 Å². The Morgan fingerprint density at radius 1 is 0.864 bits per heavy atom. The van der Waals surface area contributed by atoms with E-state index in [1.54, 1.807) is 12.1 Å². The maximum atomic E-state index is 11.9. The molecule has 0 spiro atoms. The van der Waals surface area contributed by atoms with Crippen LogP contribution in [0.15, 0.2) is 48.5 Å². The molecule has 0 amide bonds. The third-order valence-electron chi connectivity index (χ3n) is 3.21. The lowest BCUT2D eigenvalue weighted by Gasteiger charge is -2.05. The van der Waals surface area contributed by atoms with Gasteiger partial charge in [0.05, 0.1) is 6.54 Å². The molecule has 2 aromatic rings. The summed E-state index contributed by atoms with van der Waals surface area (Å²) in [4.78, 5) is 23.7. The molecule has 0 fully saturated rings. The molecular formula is C17H17NO4. The van der Waals surface area contributed by atoms with Crippen LogP contribution in [0.1, 0.15) is 27.1 Å². The number of aromatic hydroxyl groups is 2. The summed E-state index contributed by atoms with van der Waals surface area (Å²) < 4.78 is 0. The number of ketones is 2. The summed E-state index contributed by atoms with van der Waals surface area (Å²) in [6, 6.07) is 12.9. The molecule has 0 radical (unpaired) electrons. The quantitative estimate of drug-likeness (QED) is 0.414. The molecule has 0 aliphatic rings. The topological polar surface area (TPSA) is 86.6 Å². The van der Waals surface area contributed by atoms with Crippen LogP contribution in [0.5, 0.6) is 11.5 Å². The summed E-state index contributed by atoms with van der Waals surface area (Å²) in [6.45, 7) is 0.454. The molecule has 0 heterocycles. The average Bonchev–Trinajstić information content (AvgIpc) is 2.54. The van der Waals surface area contributed by atoms with E-state index in [0.717, 1.165) is 0 Å². The van der Waals surface area contributed by atoms with Crippen LogP contribution in [0.3, 0.4) is 0 Å². The minimum atomic E-state index is -0.329. The number of hydrogen-bond acceptors (Lipinski definition) is 5. The third kappa shape index (κ3) is 4.17.